The number of aromatic carboxylic acids is 1. The summed E-state index contributed by atoms with van der Waals surface area (Å²) >= 11 is 0. The maximum atomic E-state index is 13.6. The highest BCUT2D eigenvalue weighted by Gasteiger charge is 2.46. The van der Waals surface area contributed by atoms with E-state index in [1.807, 2.05) is 6.07 Å². The first-order chi connectivity index (χ1) is 24.3. The third kappa shape index (κ3) is 8.17. The smallest absolute Gasteiger partial charge is 0.415 e. The van der Waals surface area contributed by atoms with E-state index in [4.69, 9.17) is 14.5 Å². The van der Waals surface area contributed by atoms with E-state index in [0.29, 0.717) is 34.2 Å². The fraction of sp³-hybridized carbons (Fsp3) is 0.444. The number of carboxylic acid groups (broad SMARTS) is 1. The first kappa shape index (κ1) is 38.5. The normalized spacial score (nSPS) is 23.6. The molecule has 5 atom stereocenters. The van der Waals surface area contributed by atoms with Crippen molar-refractivity contribution in [3.05, 3.63) is 76.9 Å². The van der Waals surface area contributed by atoms with Crippen LogP contribution in [0.1, 0.15) is 47.7 Å². The van der Waals surface area contributed by atoms with Crippen LogP contribution in [0.2, 0.25) is 0 Å². The van der Waals surface area contributed by atoms with E-state index in [9.17, 15) is 46.1 Å². The Kier molecular flexibility index (Phi) is 10.9. The molecule has 280 valence electrons. The van der Waals surface area contributed by atoms with E-state index in [2.05, 4.69) is 11.6 Å². The van der Waals surface area contributed by atoms with Gasteiger partial charge in [0.25, 0.3) is 0 Å². The SMILES string of the molecule is C=C(C=C(CC(C)C(F)(F)F)C1OC(=O)N(CC2=NC(N3CC(O)C3)N=CC2c2cc(-c3ccc(C(=O)O)cc3C)ccc2OC)C1C)C(F)(F)F. The second-order valence-corrected chi connectivity index (χ2v) is 13.2. The largest absolute Gasteiger partial charge is 0.496 e. The third-order valence-electron chi connectivity index (χ3n) is 9.49. The maximum absolute atomic E-state index is 13.6. The summed E-state index contributed by atoms with van der Waals surface area (Å²) in [5.74, 6) is -3.41. The van der Waals surface area contributed by atoms with Gasteiger partial charge in [-0.05, 0) is 72.9 Å². The number of ether oxygens (including phenoxy) is 2. The van der Waals surface area contributed by atoms with Crippen LogP contribution in [0, 0.1) is 12.8 Å². The quantitative estimate of drug-likeness (QED) is 0.193. The Morgan fingerprint density at radius 3 is 2.42 bits per heavy atom. The summed E-state index contributed by atoms with van der Waals surface area (Å²) in [6, 6.07) is 9.01. The first-order valence-corrected chi connectivity index (χ1v) is 16.3. The molecule has 52 heavy (non-hydrogen) atoms. The van der Waals surface area contributed by atoms with Crippen LogP contribution in [0.4, 0.5) is 31.1 Å². The van der Waals surface area contributed by atoms with Crippen LogP contribution in [0.25, 0.3) is 11.1 Å². The Morgan fingerprint density at radius 1 is 1.15 bits per heavy atom. The molecule has 3 aliphatic heterocycles. The molecule has 2 aromatic rings. The first-order valence-electron chi connectivity index (χ1n) is 16.3. The van der Waals surface area contributed by atoms with Crippen molar-refractivity contribution in [2.75, 3.05) is 26.7 Å². The highest BCUT2D eigenvalue weighted by Crippen LogP contribution is 2.39. The van der Waals surface area contributed by atoms with Crippen LogP contribution < -0.4 is 4.74 Å². The number of aliphatic hydroxyl groups is 1. The van der Waals surface area contributed by atoms with E-state index < -0.39 is 72.8 Å². The molecular weight excluding hydrogens is 698 g/mol. The number of likely N-dealkylation sites (tertiary alicyclic amines) is 1. The molecule has 0 saturated carbocycles. The van der Waals surface area contributed by atoms with E-state index >= 15 is 0 Å². The van der Waals surface area contributed by atoms with Gasteiger partial charge in [-0.15, -0.1) is 0 Å². The minimum absolute atomic E-state index is 0.115. The average molecular weight is 737 g/mol. The summed E-state index contributed by atoms with van der Waals surface area (Å²) in [7, 11) is 1.46. The number of carbonyl (C=O) groups excluding carboxylic acids is 1. The number of carboxylic acids is 1. The highest BCUT2D eigenvalue weighted by atomic mass is 19.4. The molecule has 2 N–H and O–H groups in total. The highest BCUT2D eigenvalue weighted by molar-refractivity contribution is 6.07. The summed E-state index contributed by atoms with van der Waals surface area (Å²) in [6.45, 7) is 7.39. The lowest BCUT2D eigenvalue weighted by Crippen LogP contribution is -2.55. The van der Waals surface area contributed by atoms with Gasteiger partial charge < -0.3 is 19.7 Å². The summed E-state index contributed by atoms with van der Waals surface area (Å²) in [4.78, 5) is 37.3. The standard InChI is InChI=1S/C36H38F6N4O6/c1-18-10-23(32(48)49)6-8-26(18)22-7-9-30(51-5)27(13-22)28-14-43-33(45-15-25(47)16-45)44-29(28)17-46-21(4)31(52-34(46)50)24(11-19(2)35(37,38)39)12-20(3)36(40,41)42/h6-11,13-14,20-21,25,28,31,33,47H,2,12,15-17H2,1,3-5H3,(H,48,49). The fourth-order valence-electron chi connectivity index (χ4n) is 6.43. The molecule has 2 saturated heterocycles. The minimum Gasteiger partial charge on any atom is -0.496 e. The molecule has 0 bridgehead atoms. The molecule has 5 unspecified atom stereocenters. The number of methoxy groups -OCH3 is 1. The summed E-state index contributed by atoms with van der Waals surface area (Å²) in [5, 5.41) is 19.3. The van der Waals surface area contributed by atoms with Crippen molar-refractivity contribution in [3.8, 4) is 16.9 Å². The topological polar surface area (TPSA) is 124 Å². The van der Waals surface area contributed by atoms with Crippen LogP contribution in [0.15, 0.2) is 70.2 Å². The molecule has 3 aliphatic rings. The molecular formula is C36H38F6N4O6. The van der Waals surface area contributed by atoms with Crippen molar-refractivity contribution >= 4 is 24.0 Å². The minimum atomic E-state index is -4.93. The molecule has 16 heteroatoms. The van der Waals surface area contributed by atoms with Gasteiger partial charge >= 0.3 is 24.4 Å². The van der Waals surface area contributed by atoms with E-state index in [-0.39, 0.29) is 30.8 Å². The van der Waals surface area contributed by atoms with E-state index in [0.717, 1.165) is 12.5 Å². The number of alkyl halides is 6. The van der Waals surface area contributed by atoms with Crippen molar-refractivity contribution in [1.29, 1.82) is 0 Å². The number of nitrogens with zero attached hydrogens (tertiary/aromatic N) is 4. The van der Waals surface area contributed by atoms with Crippen molar-refractivity contribution in [1.82, 2.24) is 9.80 Å². The van der Waals surface area contributed by atoms with Gasteiger partial charge in [0.1, 0.15) is 11.9 Å². The van der Waals surface area contributed by atoms with Gasteiger partial charge in [0, 0.05) is 36.2 Å². The number of benzene rings is 2. The Morgan fingerprint density at radius 2 is 1.85 bits per heavy atom. The third-order valence-corrected chi connectivity index (χ3v) is 9.49. The summed E-state index contributed by atoms with van der Waals surface area (Å²) in [5.41, 5.74) is 1.42. The van der Waals surface area contributed by atoms with Crippen LogP contribution in [-0.4, -0.2) is 108 Å². The summed E-state index contributed by atoms with van der Waals surface area (Å²) < 4.78 is 92.4. The molecule has 10 nitrogen and oxygen atoms in total. The van der Waals surface area contributed by atoms with Gasteiger partial charge in [0.2, 0.25) is 0 Å². The van der Waals surface area contributed by atoms with Gasteiger partial charge in [-0.25, -0.2) is 14.6 Å². The molecule has 5 rings (SSSR count). The van der Waals surface area contributed by atoms with Crippen LogP contribution >= 0.6 is 0 Å². The fourth-order valence-corrected chi connectivity index (χ4v) is 6.43. The molecule has 2 aromatic carbocycles. The zero-order chi connectivity index (χ0) is 38.3. The lowest BCUT2D eigenvalue weighted by atomic mass is 9.88. The van der Waals surface area contributed by atoms with Gasteiger partial charge in [-0.1, -0.05) is 25.6 Å². The average Bonchev–Trinajstić information content (AvgIpc) is 3.33. The number of hydrogen-bond donors (Lipinski definition) is 2. The number of allylic oxidation sites excluding steroid dienone is 2. The molecule has 0 radical (unpaired) electrons. The van der Waals surface area contributed by atoms with Crippen molar-refractivity contribution in [2.45, 2.75) is 70.0 Å². The van der Waals surface area contributed by atoms with E-state index in [1.54, 1.807) is 42.3 Å². The second-order valence-electron chi connectivity index (χ2n) is 13.2. The van der Waals surface area contributed by atoms with Gasteiger partial charge in [0.15, 0.2) is 6.29 Å². The molecule has 1 amide bonds. The number of carbonyl (C=O) groups is 2. The zero-order valence-electron chi connectivity index (χ0n) is 28.7. The lowest BCUT2D eigenvalue weighted by molar-refractivity contribution is -0.169. The predicted molar refractivity (Wildman–Crippen MR) is 180 cm³/mol. The number of amides is 1. The number of cyclic esters (lactones) is 1. The molecule has 0 aliphatic carbocycles. The van der Waals surface area contributed by atoms with Gasteiger partial charge in [0.05, 0.1) is 43.2 Å². The maximum Gasteiger partial charge on any atom is 0.415 e. The number of halogens is 6. The Balaban J connectivity index is 1.51. The summed E-state index contributed by atoms with van der Waals surface area (Å²) in [6.07, 6.45) is -12.1. The predicted octanol–water partition coefficient (Wildman–Crippen LogP) is 6.78. The lowest BCUT2D eigenvalue weighted by Gasteiger charge is -2.40. The van der Waals surface area contributed by atoms with Crippen LogP contribution in [-0.2, 0) is 4.74 Å². The number of hydrogen-bond acceptors (Lipinski definition) is 8. The number of β-amino-alcohol motifs (C(OH)–C–C–N with tert-alkyl or cyclic N) is 1. The number of aryl methyl sites for hydroxylation is 1. The van der Waals surface area contributed by atoms with Crippen LogP contribution in [0.3, 0.4) is 0 Å². The Bertz CT molecular complexity index is 1820. The Hall–Kier alpha value is -4.70. The van der Waals surface area contributed by atoms with Crippen molar-refractivity contribution in [3.63, 3.8) is 0 Å². The van der Waals surface area contributed by atoms with Crippen molar-refractivity contribution in [2.24, 2.45) is 15.9 Å². The van der Waals surface area contributed by atoms with Gasteiger partial charge in [-0.2, -0.15) is 26.3 Å². The zero-order valence-corrected chi connectivity index (χ0v) is 28.7. The Labute approximate surface area is 295 Å². The van der Waals surface area contributed by atoms with E-state index in [1.165, 1.54) is 25.0 Å². The van der Waals surface area contributed by atoms with Crippen LogP contribution in [0.5, 0.6) is 5.75 Å². The number of aliphatic hydroxyl groups excluding tert-OH is 1. The van der Waals surface area contributed by atoms with Crippen molar-refractivity contribution < 1.29 is 55.6 Å². The molecule has 0 spiro atoms. The molecule has 2 fully saturated rings. The number of rotatable bonds is 11. The monoisotopic (exact) mass is 736 g/mol. The molecule has 3 heterocycles. The second kappa shape index (κ2) is 14.7. The van der Waals surface area contributed by atoms with Gasteiger partial charge in [-0.3, -0.25) is 14.8 Å². The molecule has 0 aromatic heterocycles. The number of aliphatic imine (C=N–C) groups is 2.